The summed E-state index contributed by atoms with van der Waals surface area (Å²) < 4.78 is 3.79. The molecule has 0 aliphatic carbocycles. The number of nitrogens with one attached hydrogen (secondary N) is 2. The molecule has 142 valence electrons. The number of halogens is 2. The Hall–Kier alpha value is -2.23. The number of para-hydroxylation sites is 1. The highest BCUT2D eigenvalue weighted by atomic mass is 35.5. The van der Waals surface area contributed by atoms with E-state index >= 15 is 0 Å². The van der Waals surface area contributed by atoms with Crippen molar-refractivity contribution in [3.63, 3.8) is 0 Å². The summed E-state index contributed by atoms with van der Waals surface area (Å²) in [6.45, 7) is 2.28. The van der Waals surface area contributed by atoms with Gasteiger partial charge in [-0.25, -0.2) is 9.67 Å². The second-order valence-corrected chi connectivity index (χ2v) is 6.90. The molecule has 0 aliphatic rings. The van der Waals surface area contributed by atoms with Gasteiger partial charge in [-0.15, -0.1) is 5.10 Å². The van der Waals surface area contributed by atoms with E-state index < -0.39 is 0 Å². The Balaban J connectivity index is 1.77. The van der Waals surface area contributed by atoms with Crippen molar-refractivity contribution in [1.29, 1.82) is 0 Å². The average Bonchev–Trinajstić information content (AvgIpc) is 3.20. The number of hydrogen-bond donors (Lipinski definition) is 2. The fraction of sp³-hybridized carbons (Fsp3) is 0.312. The Morgan fingerprint density at radius 3 is 2.59 bits per heavy atom. The molecule has 0 atom stereocenters. The maximum Gasteiger partial charge on any atom is 0.290 e. The third kappa shape index (κ3) is 4.05. The van der Waals surface area contributed by atoms with Gasteiger partial charge in [0.25, 0.3) is 5.91 Å². The summed E-state index contributed by atoms with van der Waals surface area (Å²) in [5, 5.41) is 14.8. The summed E-state index contributed by atoms with van der Waals surface area (Å²) in [7, 11) is 1.81. The van der Waals surface area contributed by atoms with Crippen LogP contribution >= 0.6 is 35.4 Å². The number of amides is 1. The number of aryl methyl sites for hydroxylation is 1. The zero-order chi connectivity index (χ0) is 19.6. The van der Waals surface area contributed by atoms with E-state index in [1.54, 1.807) is 22.8 Å². The van der Waals surface area contributed by atoms with Crippen molar-refractivity contribution in [1.82, 2.24) is 34.8 Å². The lowest BCUT2D eigenvalue weighted by Crippen LogP contribution is -2.27. The molecule has 27 heavy (non-hydrogen) atoms. The third-order valence-electron chi connectivity index (χ3n) is 3.95. The molecule has 2 N–H and O–H groups in total. The lowest BCUT2D eigenvalue weighted by atomic mass is 10.3. The van der Waals surface area contributed by atoms with Crippen molar-refractivity contribution in [2.45, 2.75) is 19.8 Å². The number of aromatic amines is 1. The van der Waals surface area contributed by atoms with Gasteiger partial charge in [0.1, 0.15) is 17.3 Å². The lowest BCUT2D eigenvalue weighted by Gasteiger charge is -2.08. The number of carbonyl (C=O) groups excluding carboxylic acids is 1. The van der Waals surface area contributed by atoms with Crippen molar-refractivity contribution in [3.8, 4) is 5.69 Å². The molecular formula is C16H17Cl2N7OS. The molecule has 8 nitrogen and oxygen atoms in total. The van der Waals surface area contributed by atoms with Crippen LogP contribution in [-0.4, -0.2) is 42.0 Å². The van der Waals surface area contributed by atoms with Crippen LogP contribution in [0.3, 0.4) is 0 Å². The van der Waals surface area contributed by atoms with Crippen LogP contribution in [0.1, 0.15) is 29.2 Å². The van der Waals surface area contributed by atoms with E-state index in [0.717, 1.165) is 5.82 Å². The van der Waals surface area contributed by atoms with Crippen molar-refractivity contribution in [2.75, 3.05) is 6.54 Å². The van der Waals surface area contributed by atoms with Crippen LogP contribution in [0.5, 0.6) is 0 Å². The second kappa shape index (κ2) is 8.20. The van der Waals surface area contributed by atoms with E-state index in [2.05, 4.69) is 25.6 Å². The van der Waals surface area contributed by atoms with E-state index in [1.165, 1.54) is 4.68 Å². The van der Waals surface area contributed by atoms with Gasteiger partial charge in [-0.05, 0) is 24.4 Å². The van der Waals surface area contributed by atoms with Crippen LogP contribution in [0.15, 0.2) is 18.2 Å². The van der Waals surface area contributed by atoms with Gasteiger partial charge in [0, 0.05) is 26.4 Å². The molecule has 0 saturated carbocycles. The van der Waals surface area contributed by atoms with Crippen LogP contribution < -0.4 is 5.32 Å². The van der Waals surface area contributed by atoms with Crippen molar-refractivity contribution in [3.05, 3.63) is 50.5 Å². The fourth-order valence-electron chi connectivity index (χ4n) is 2.51. The molecule has 1 amide bonds. The molecule has 0 fully saturated rings. The molecule has 0 bridgehead atoms. The summed E-state index contributed by atoms with van der Waals surface area (Å²) in [4.78, 5) is 16.8. The minimum atomic E-state index is -0.386. The Morgan fingerprint density at radius 2 is 2.00 bits per heavy atom. The zero-order valence-electron chi connectivity index (χ0n) is 14.7. The van der Waals surface area contributed by atoms with Gasteiger partial charge in [0.2, 0.25) is 5.82 Å². The Morgan fingerprint density at radius 1 is 1.30 bits per heavy atom. The number of rotatable bonds is 6. The van der Waals surface area contributed by atoms with E-state index in [4.69, 9.17) is 35.4 Å². The quantitative estimate of drug-likeness (QED) is 0.592. The average molecular weight is 426 g/mol. The molecule has 1 aromatic carbocycles. The minimum Gasteiger partial charge on any atom is -0.349 e. The molecule has 3 rings (SSSR count). The molecule has 0 aliphatic heterocycles. The first kappa shape index (κ1) is 19.5. The van der Waals surface area contributed by atoms with Gasteiger partial charge in [0.05, 0.1) is 10.0 Å². The predicted molar refractivity (Wildman–Crippen MR) is 105 cm³/mol. The Kier molecular flexibility index (Phi) is 5.93. The van der Waals surface area contributed by atoms with Crippen molar-refractivity contribution < 1.29 is 4.79 Å². The molecule has 11 heteroatoms. The van der Waals surface area contributed by atoms with Crippen LogP contribution in [0.25, 0.3) is 5.69 Å². The molecule has 0 radical (unpaired) electrons. The smallest absolute Gasteiger partial charge is 0.290 e. The first-order chi connectivity index (χ1) is 12.9. The standard InChI is InChI=1S/C16H17Cl2N7OS/c1-3-11-20-14(23-25(11)13-9(17)5-4-6-10(13)18)15(26)19-8-7-12-21-22-16(27)24(12)2/h4-6H,3,7-8H2,1-2H3,(H,19,26)(H,22,27). The molecule has 3 aromatic rings. The van der Waals surface area contributed by atoms with Crippen LogP contribution in [0, 0.1) is 4.77 Å². The van der Waals surface area contributed by atoms with Gasteiger partial charge >= 0.3 is 0 Å². The van der Waals surface area contributed by atoms with E-state index in [0.29, 0.717) is 45.7 Å². The summed E-state index contributed by atoms with van der Waals surface area (Å²) in [5.41, 5.74) is 0.505. The van der Waals surface area contributed by atoms with E-state index in [9.17, 15) is 4.79 Å². The first-order valence-electron chi connectivity index (χ1n) is 8.21. The second-order valence-electron chi connectivity index (χ2n) is 5.70. The number of benzene rings is 1. The van der Waals surface area contributed by atoms with Crippen LogP contribution in [-0.2, 0) is 19.9 Å². The van der Waals surface area contributed by atoms with Gasteiger partial charge in [-0.2, -0.15) is 5.10 Å². The number of carbonyl (C=O) groups is 1. The Labute approximate surface area is 170 Å². The first-order valence-corrected chi connectivity index (χ1v) is 9.37. The predicted octanol–water partition coefficient (Wildman–Crippen LogP) is 2.90. The molecule has 2 aromatic heterocycles. The van der Waals surface area contributed by atoms with Gasteiger partial charge < -0.3 is 9.88 Å². The van der Waals surface area contributed by atoms with Gasteiger partial charge in [-0.3, -0.25) is 9.89 Å². The van der Waals surface area contributed by atoms with Gasteiger partial charge in [-0.1, -0.05) is 36.2 Å². The molecule has 0 spiro atoms. The SMILES string of the molecule is CCc1nc(C(=O)NCCc2n[nH]c(=S)n2C)nn1-c1c(Cl)cccc1Cl. The largest absolute Gasteiger partial charge is 0.349 e. The Bertz CT molecular complexity index is 1020. The zero-order valence-corrected chi connectivity index (χ0v) is 17.0. The highest BCUT2D eigenvalue weighted by Crippen LogP contribution is 2.28. The highest BCUT2D eigenvalue weighted by molar-refractivity contribution is 7.71. The number of aromatic nitrogens is 6. The maximum atomic E-state index is 12.4. The summed E-state index contributed by atoms with van der Waals surface area (Å²) in [5.74, 6) is 1.00. The van der Waals surface area contributed by atoms with Crippen molar-refractivity contribution in [2.24, 2.45) is 7.05 Å². The maximum absolute atomic E-state index is 12.4. The summed E-state index contributed by atoms with van der Waals surface area (Å²) in [6.07, 6.45) is 1.08. The number of nitrogens with zero attached hydrogens (tertiary/aromatic N) is 5. The van der Waals surface area contributed by atoms with Crippen LogP contribution in [0.4, 0.5) is 0 Å². The topological polar surface area (TPSA) is 93.4 Å². The monoisotopic (exact) mass is 425 g/mol. The molecule has 2 heterocycles. The number of H-pyrrole nitrogens is 1. The summed E-state index contributed by atoms with van der Waals surface area (Å²) >= 11 is 17.6. The van der Waals surface area contributed by atoms with Crippen molar-refractivity contribution >= 4 is 41.3 Å². The summed E-state index contributed by atoms with van der Waals surface area (Å²) in [6, 6.07) is 5.16. The van der Waals surface area contributed by atoms with Crippen LogP contribution in [0.2, 0.25) is 10.0 Å². The fourth-order valence-corrected chi connectivity index (χ4v) is 3.22. The van der Waals surface area contributed by atoms with Gasteiger partial charge in [0.15, 0.2) is 4.77 Å². The van der Waals surface area contributed by atoms with E-state index in [1.807, 2.05) is 14.0 Å². The highest BCUT2D eigenvalue weighted by Gasteiger charge is 2.19. The minimum absolute atomic E-state index is 0.0539. The normalized spacial score (nSPS) is 11.0. The molecule has 0 unspecified atom stereocenters. The van der Waals surface area contributed by atoms with E-state index in [-0.39, 0.29) is 11.7 Å². The lowest BCUT2D eigenvalue weighted by molar-refractivity contribution is 0.0943. The number of hydrogen-bond acceptors (Lipinski definition) is 5. The molecule has 0 saturated heterocycles. The third-order valence-corrected chi connectivity index (χ3v) is 4.92. The molecular weight excluding hydrogens is 409 g/mol.